The monoisotopic (exact) mass is 288 g/mol. The third-order valence-electron chi connectivity index (χ3n) is 3.65. The molecule has 5 heteroatoms. The first-order valence-electron chi connectivity index (χ1n) is 7.05. The number of carbonyl (C=O) groups is 2. The first kappa shape index (κ1) is 15.1. The van der Waals surface area contributed by atoms with Crippen LogP contribution in [0.4, 0.5) is 0 Å². The summed E-state index contributed by atoms with van der Waals surface area (Å²) < 4.78 is 2.05. The Balaban J connectivity index is 2.07. The zero-order valence-electron chi connectivity index (χ0n) is 12.4. The maximum Gasteiger partial charge on any atom is 0.323 e. The van der Waals surface area contributed by atoms with Crippen LogP contribution in [0.1, 0.15) is 18.9 Å². The lowest BCUT2D eigenvalue weighted by Crippen LogP contribution is -2.35. The number of benzene rings is 1. The van der Waals surface area contributed by atoms with Gasteiger partial charge in [-0.1, -0.05) is 18.2 Å². The van der Waals surface area contributed by atoms with Crippen LogP contribution in [-0.4, -0.2) is 39.5 Å². The molecule has 0 saturated heterocycles. The number of amides is 1. The lowest BCUT2D eigenvalue weighted by molar-refractivity contribution is -0.144. The van der Waals surface area contributed by atoms with Crippen LogP contribution in [0.2, 0.25) is 0 Å². The van der Waals surface area contributed by atoms with Crippen LogP contribution in [-0.2, 0) is 23.1 Å². The standard InChI is InChI=1S/C16H20N2O3/c1-3-18(11-16(20)21)15(19)9-8-12-10-17(2)14-7-5-4-6-13(12)14/h4-7,10H,3,8-9,11H2,1-2H3,(H,20,21). The number of carboxylic acid groups (broad SMARTS) is 1. The maximum absolute atomic E-state index is 12.1. The van der Waals surface area contributed by atoms with Gasteiger partial charge in [0.25, 0.3) is 0 Å². The zero-order valence-corrected chi connectivity index (χ0v) is 12.4. The van der Waals surface area contributed by atoms with Gasteiger partial charge >= 0.3 is 5.97 Å². The van der Waals surface area contributed by atoms with Crippen molar-refractivity contribution in [3.8, 4) is 0 Å². The van der Waals surface area contributed by atoms with Gasteiger partial charge in [-0.05, 0) is 25.0 Å². The number of aliphatic carboxylic acids is 1. The summed E-state index contributed by atoms with van der Waals surface area (Å²) in [6, 6.07) is 8.06. The number of hydrogen-bond acceptors (Lipinski definition) is 2. The van der Waals surface area contributed by atoms with Gasteiger partial charge in [0.1, 0.15) is 6.54 Å². The molecule has 1 aromatic carbocycles. The molecule has 1 N–H and O–H groups in total. The molecular weight excluding hydrogens is 268 g/mol. The smallest absolute Gasteiger partial charge is 0.323 e. The van der Waals surface area contributed by atoms with Crippen molar-refractivity contribution in [3.63, 3.8) is 0 Å². The topological polar surface area (TPSA) is 62.5 Å². The predicted octanol–water partition coefficient (Wildman–Crippen LogP) is 2.04. The average Bonchev–Trinajstić information content (AvgIpc) is 2.79. The van der Waals surface area contributed by atoms with E-state index in [9.17, 15) is 9.59 Å². The summed E-state index contributed by atoms with van der Waals surface area (Å²) in [5.74, 6) is -1.09. The van der Waals surface area contributed by atoms with Crippen LogP contribution in [0.3, 0.4) is 0 Å². The van der Waals surface area contributed by atoms with Gasteiger partial charge in [0.05, 0.1) is 0 Å². The number of aromatic nitrogens is 1. The van der Waals surface area contributed by atoms with E-state index < -0.39 is 5.97 Å². The summed E-state index contributed by atoms with van der Waals surface area (Å²) in [6.07, 6.45) is 2.98. The molecule has 5 nitrogen and oxygen atoms in total. The van der Waals surface area contributed by atoms with Crippen LogP contribution < -0.4 is 0 Å². The molecule has 0 atom stereocenters. The molecule has 1 amide bonds. The van der Waals surface area contributed by atoms with E-state index in [-0.39, 0.29) is 12.5 Å². The fourth-order valence-electron chi connectivity index (χ4n) is 2.56. The largest absolute Gasteiger partial charge is 0.480 e. The van der Waals surface area contributed by atoms with Crippen LogP contribution in [0.25, 0.3) is 10.9 Å². The molecule has 2 rings (SSSR count). The van der Waals surface area contributed by atoms with E-state index in [1.165, 1.54) is 4.90 Å². The molecule has 0 radical (unpaired) electrons. The number of carboxylic acids is 1. The van der Waals surface area contributed by atoms with Gasteiger partial charge < -0.3 is 14.6 Å². The normalized spacial score (nSPS) is 10.8. The maximum atomic E-state index is 12.1. The minimum absolute atomic E-state index is 0.118. The molecule has 0 bridgehead atoms. The number of likely N-dealkylation sites (N-methyl/N-ethyl adjacent to an activating group) is 1. The number of nitrogens with zero attached hydrogens (tertiary/aromatic N) is 2. The Labute approximate surface area is 123 Å². The van der Waals surface area contributed by atoms with E-state index in [0.717, 1.165) is 16.5 Å². The van der Waals surface area contributed by atoms with Crippen LogP contribution in [0, 0.1) is 0 Å². The Morgan fingerprint density at radius 3 is 2.67 bits per heavy atom. The minimum atomic E-state index is -0.977. The van der Waals surface area contributed by atoms with E-state index in [2.05, 4.69) is 0 Å². The number of rotatable bonds is 6. The first-order valence-corrected chi connectivity index (χ1v) is 7.05. The molecule has 1 aromatic heterocycles. The molecule has 0 aliphatic heterocycles. The predicted molar refractivity (Wildman–Crippen MR) is 81.1 cm³/mol. The van der Waals surface area contributed by atoms with Crippen molar-refractivity contribution in [2.24, 2.45) is 7.05 Å². The average molecular weight is 288 g/mol. The van der Waals surface area contributed by atoms with Crippen LogP contribution in [0.15, 0.2) is 30.5 Å². The molecule has 0 saturated carbocycles. The van der Waals surface area contributed by atoms with Gasteiger partial charge in [-0.15, -0.1) is 0 Å². The van der Waals surface area contributed by atoms with E-state index >= 15 is 0 Å². The highest BCUT2D eigenvalue weighted by atomic mass is 16.4. The number of para-hydroxylation sites is 1. The Morgan fingerprint density at radius 1 is 1.29 bits per heavy atom. The minimum Gasteiger partial charge on any atom is -0.480 e. The number of fused-ring (bicyclic) bond motifs is 1. The highest BCUT2D eigenvalue weighted by molar-refractivity contribution is 5.85. The van der Waals surface area contributed by atoms with Crippen molar-refractivity contribution in [3.05, 3.63) is 36.0 Å². The molecule has 21 heavy (non-hydrogen) atoms. The molecular formula is C16H20N2O3. The van der Waals surface area contributed by atoms with Crippen molar-refractivity contribution >= 4 is 22.8 Å². The molecule has 0 aliphatic rings. The second-order valence-electron chi connectivity index (χ2n) is 5.08. The summed E-state index contributed by atoms with van der Waals surface area (Å²) in [4.78, 5) is 24.2. The molecule has 2 aromatic rings. The molecule has 0 unspecified atom stereocenters. The summed E-state index contributed by atoms with van der Waals surface area (Å²) in [7, 11) is 1.98. The third-order valence-corrected chi connectivity index (χ3v) is 3.65. The van der Waals surface area contributed by atoms with Crippen molar-refractivity contribution in [1.29, 1.82) is 0 Å². The van der Waals surface area contributed by atoms with Gasteiger partial charge in [0.15, 0.2) is 0 Å². The fraction of sp³-hybridized carbons (Fsp3) is 0.375. The van der Waals surface area contributed by atoms with E-state index in [4.69, 9.17) is 5.11 Å². The molecule has 0 aliphatic carbocycles. The second-order valence-corrected chi connectivity index (χ2v) is 5.08. The molecule has 0 fully saturated rings. The Hall–Kier alpha value is -2.30. The molecule has 1 heterocycles. The van der Waals surface area contributed by atoms with Crippen LogP contribution >= 0.6 is 0 Å². The van der Waals surface area contributed by atoms with E-state index in [1.807, 2.05) is 42.1 Å². The van der Waals surface area contributed by atoms with Gasteiger partial charge in [0.2, 0.25) is 5.91 Å². The van der Waals surface area contributed by atoms with Crippen molar-refractivity contribution in [2.45, 2.75) is 19.8 Å². The summed E-state index contributed by atoms with van der Waals surface area (Å²) in [5, 5.41) is 9.94. The summed E-state index contributed by atoms with van der Waals surface area (Å²) >= 11 is 0. The van der Waals surface area contributed by atoms with Crippen molar-refractivity contribution in [1.82, 2.24) is 9.47 Å². The van der Waals surface area contributed by atoms with E-state index in [1.54, 1.807) is 6.92 Å². The van der Waals surface area contributed by atoms with Gasteiger partial charge in [0, 0.05) is 37.1 Å². The Kier molecular flexibility index (Phi) is 4.62. The van der Waals surface area contributed by atoms with Gasteiger partial charge in [-0.2, -0.15) is 0 Å². The van der Waals surface area contributed by atoms with Crippen LogP contribution in [0.5, 0.6) is 0 Å². The first-order chi connectivity index (χ1) is 10.0. The number of hydrogen-bond donors (Lipinski definition) is 1. The quantitative estimate of drug-likeness (QED) is 0.885. The second kappa shape index (κ2) is 6.43. The highest BCUT2D eigenvalue weighted by Crippen LogP contribution is 2.21. The molecule has 112 valence electrons. The van der Waals surface area contributed by atoms with Crippen molar-refractivity contribution in [2.75, 3.05) is 13.1 Å². The molecule has 0 spiro atoms. The lowest BCUT2D eigenvalue weighted by atomic mass is 10.1. The lowest BCUT2D eigenvalue weighted by Gasteiger charge is -2.18. The van der Waals surface area contributed by atoms with Gasteiger partial charge in [-0.25, -0.2) is 0 Å². The zero-order chi connectivity index (χ0) is 15.4. The van der Waals surface area contributed by atoms with Crippen molar-refractivity contribution < 1.29 is 14.7 Å². The number of carbonyl (C=O) groups excluding carboxylic acids is 1. The fourth-order valence-corrected chi connectivity index (χ4v) is 2.56. The third kappa shape index (κ3) is 3.42. The number of aryl methyl sites for hydroxylation is 2. The summed E-state index contributed by atoms with van der Waals surface area (Å²) in [6.45, 7) is 1.98. The highest BCUT2D eigenvalue weighted by Gasteiger charge is 2.15. The summed E-state index contributed by atoms with van der Waals surface area (Å²) in [5.41, 5.74) is 2.26. The van der Waals surface area contributed by atoms with Gasteiger partial charge in [-0.3, -0.25) is 9.59 Å². The Morgan fingerprint density at radius 2 is 2.00 bits per heavy atom. The SMILES string of the molecule is CCN(CC(=O)O)C(=O)CCc1cn(C)c2ccccc12. The van der Waals surface area contributed by atoms with E-state index in [0.29, 0.717) is 19.4 Å². The Bertz CT molecular complexity index is 661.